The van der Waals surface area contributed by atoms with Crippen molar-refractivity contribution in [2.75, 3.05) is 11.9 Å². The lowest BCUT2D eigenvalue weighted by molar-refractivity contribution is 0.751. The second kappa shape index (κ2) is 4.42. The van der Waals surface area contributed by atoms with Crippen molar-refractivity contribution in [3.8, 4) is 0 Å². The molecule has 0 aliphatic carbocycles. The van der Waals surface area contributed by atoms with Crippen molar-refractivity contribution in [3.05, 3.63) is 23.5 Å². The van der Waals surface area contributed by atoms with E-state index in [2.05, 4.69) is 36.8 Å². The van der Waals surface area contributed by atoms with Gasteiger partial charge in [0.15, 0.2) is 0 Å². The van der Waals surface area contributed by atoms with Crippen molar-refractivity contribution in [2.24, 2.45) is 5.73 Å². The van der Waals surface area contributed by atoms with Crippen LogP contribution in [-0.2, 0) is 6.54 Å². The lowest BCUT2D eigenvalue weighted by atomic mass is 10.2. The fourth-order valence-corrected chi connectivity index (χ4v) is 1.32. The van der Waals surface area contributed by atoms with Gasteiger partial charge in [0.2, 0.25) is 0 Å². The number of hydrogen-bond acceptors (Lipinski definition) is 3. The van der Waals surface area contributed by atoms with Gasteiger partial charge in [0.25, 0.3) is 0 Å². The van der Waals surface area contributed by atoms with E-state index >= 15 is 0 Å². The van der Waals surface area contributed by atoms with Crippen molar-refractivity contribution in [2.45, 2.75) is 33.4 Å². The highest BCUT2D eigenvalue weighted by Gasteiger charge is 2.06. The summed E-state index contributed by atoms with van der Waals surface area (Å²) in [6, 6.07) is 4.62. The molecular weight excluding hydrogens is 174 g/mol. The van der Waals surface area contributed by atoms with Gasteiger partial charge in [-0.3, -0.25) is 4.98 Å². The second-order valence-corrected chi connectivity index (χ2v) is 3.87. The van der Waals surface area contributed by atoms with Gasteiger partial charge in [0, 0.05) is 31.0 Å². The minimum atomic E-state index is 0.488. The van der Waals surface area contributed by atoms with Gasteiger partial charge in [-0.15, -0.1) is 0 Å². The summed E-state index contributed by atoms with van der Waals surface area (Å²) in [4.78, 5) is 6.56. The molecule has 2 N–H and O–H groups in total. The Kier molecular flexibility index (Phi) is 3.47. The quantitative estimate of drug-likeness (QED) is 0.794. The summed E-state index contributed by atoms with van der Waals surface area (Å²) >= 11 is 0. The van der Waals surface area contributed by atoms with Crippen molar-refractivity contribution in [1.82, 2.24) is 4.98 Å². The van der Waals surface area contributed by atoms with Crippen LogP contribution in [-0.4, -0.2) is 18.1 Å². The molecule has 0 amide bonds. The summed E-state index contributed by atoms with van der Waals surface area (Å²) in [6.45, 7) is 6.83. The molecule has 0 aromatic carbocycles. The molecule has 1 rings (SSSR count). The summed E-state index contributed by atoms with van der Waals surface area (Å²) in [5.41, 5.74) is 8.75. The smallest absolute Gasteiger partial charge is 0.0563 e. The highest BCUT2D eigenvalue weighted by molar-refractivity contribution is 5.48. The summed E-state index contributed by atoms with van der Waals surface area (Å²) < 4.78 is 0. The highest BCUT2D eigenvalue weighted by Crippen LogP contribution is 2.17. The average Bonchev–Trinajstić information content (AvgIpc) is 2.15. The van der Waals surface area contributed by atoms with Gasteiger partial charge < -0.3 is 10.6 Å². The number of aromatic nitrogens is 1. The number of aryl methyl sites for hydroxylation is 1. The summed E-state index contributed by atoms with van der Waals surface area (Å²) in [7, 11) is 2.08. The van der Waals surface area contributed by atoms with E-state index in [4.69, 9.17) is 5.73 Å². The fraction of sp³-hybridized carbons (Fsp3) is 0.545. The SMILES string of the molecule is Cc1cc(N(C)C(C)C)cc(CN)n1. The molecule has 0 atom stereocenters. The van der Waals surface area contributed by atoms with E-state index in [1.54, 1.807) is 0 Å². The maximum atomic E-state index is 5.58. The third-order valence-electron chi connectivity index (χ3n) is 2.38. The standard InChI is InChI=1S/C11H19N3/c1-8(2)14(4)11-5-9(3)13-10(6-11)7-12/h5-6,8H,7,12H2,1-4H3. The van der Waals surface area contributed by atoms with E-state index in [0.29, 0.717) is 12.6 Å². The third kappa shape index (κ3) is 2.45. The van der Waals surface area contributed by atoms with Crippen LogP contribution in [0.25, 0.3) is 0 Å². The molecule has 0 unspecified atom stereocenters. The number of rotatable bonds is 3. The number of pyridine rings is 1. The molecule has 1 aromatic rings. The zero-order chi connectivity index (χ0) is 10.7. The normalized spacial score (nSPS) is 10.7. The molecule has 0 bridgehead atoms. The molecule has 0 aliphatic rings. The first-order valence-corrected chi connectivity index (χ1v) is 4.95. The van der Waals surface area contributed by atoms with E-state index in [9.17, 15) is 0 Å². The lowest BCUT2D eigenvalue weighted by Crippen LogP contribution is -2.26. The van der Waals surface area contributed by atoms with Gasteiger partial charge in [-0.1, -0.05) is 0 Å². The molecule has 14 heavy (non-hydrogen) atoms. The first kappa shape index (κ1) is 11.0. The van der Waals surface area contributed by atoms with Crippen LogP contribution >= 0.6 is 0 Å². The Labute approximate surface area is 85.9 Å². The van der Waals surface area contributed by atoms with Crippen LogP contribution in [0.15, 0.2) is 12.1 Å². The molecule has 1 aromatic heterocycles. The van der Waals surface area contributed by atoms with E-state index in [1.807, 2.05) is 13.0 Å². The Morgan fingerprint density at radius 1 is 1.43 bits per heavy atom. The largest absolute Gasteiger partial charge is 0.372 e. The van der Waals surface area contributed by atoms with Gasteiger partial charge in [-0.05, 0) is 32.9 Å². The maximum Gasteiger partial charge on any atom is 0.0563 e. The molecule has 0 radical (unpaired) electrons. The molecular formula is C11H19N3. The van der Waals surface area contributed by atoms with Crippen molar-refractivity contribution < 1.29 is 0 Å². The molecule has 0 fully saturated rings. The summed E-state index contributed by atoms with van der Waals surface area (Å²) in [6.07, 6.45) is 0. The second-order valence-electron chi connectivity index (χ2n) is 3.87. The zero-order valence-corrected chi connectivity index (χ0v) is 9.41. The summed E-state index contributed by atoms with van der Waals surface area (Å²) in [5.74, 6) is 0. The number of hydrogen-bond donors (Lipinski definition) is 1. The molecule has 0 aliphatic heterocycles. The maximum absolute atomic E-state index is 5.58. The van der Waals surface area contributed by atoms with Crippen molar-refractivity contribution >= 4 is 5.69 Å². The Balaban J connectivity index is 3.02. The molecule has 1 heterocycles. The Hall–Kier alpha value is -1.09. The van der Waals surface area contributed by atoms with Gasteiger partial charge in [-0.25, -0.2) is 0 Å². The number of anilines is 1. The first-order chi connectivity index (χ1) is 6.54. The van der Waals surface area contributed by atoms with Gasteiger partial charge in [-0.2, -0.15) is 0 Å². The van der Waals surface area contributed by atoms with Crippen LogP contribution in [0.2, 0.25) is 0 Å². The molecule has 78 valence electrons. The van der Waals surface area contributed by atoms with Gasteiger partial charge in [0.1, 0.15) is 0 Å². The molecule has 0 saturated heterocycles. The monoisotopic (exact) mass is 193 g/mol. The highest BCUT2D eigenvalue weighted by atomic mass is 15.1. The van der Waals surface area contributed by atoms with Crippen LogP contribution in [0.1, 0.15) is 25.2 Å². The lowest BCUT2D eigenvalue weighted by Gasteiger charge is -2.24. The topological polar surface area (TPSA) is 42.1 Å². The zero-order valence-electron chi connectivity index (χ0n) is 9.41. The first-order valence-electron chi connectivity index (χ1n) is 4.95. The number of nitrogens with two attached hydrogens (primary N) is 1. The summed E-state index contributed by atoms with van der Waals surface area (Å²) in [5, 5.41) is 0. The van der Waals surface area contributed by atoms with Gasteiger partial charge in [0.05, 0.1) is 5.69 Å². The minimum absolute atomic E-state index is 0.488. The molecule has 0 saturated carbocycles. The van der Waals surface area contributed by atoms with E-state index in [-0.39, 0.29) is 0 Å². The van der Waals surface area contributed by atoms with Crippen molar-refractivity contribution in [1.29, 1.82) is 0 Å². The predicted molar refractivity (Wildman–Crippen MR) is 60.4 cm³/mol. The Morgan fingerprint density at radius 3 is 2.57 bits per heavy atom. The van der Waals surface area contributed by atoms with Crippen LogP contribution in [0.3, 0.4) is 0 Å². The molecule has 3 heteroatoms. The van der Waals surface area contributed by atoms with Crippen LogP contribution in [0.4, 0.5) is 5.69 Å². The predicted octanol–water partition coefficient (Wildman–Crippen LogP) is 1.69. The average molecular weight is 193 g/mol. The Morgan fingerprint density at radius 2 is 2.07 bits per heavy atom. The van der Waals surface area contributed by atoms with Crippen molar-refractivity contribution in [3.63, 3.8) is 0 Å². The van der Waals surface area contributed by atoms with Crippen LogP contribution in [0.5, 0.6) is 0 Å². The fourth-order valence-electron chi connectivity index (χ4n) is 1.32. The molecule has 0 spiro atoms. The van der Waals surface area contributed by atoms with E-state index < -0.39 is 0 Å². The Bertz CT molecular complexity index is 307. The van der Waals surface area contributed by atoms with E-state index in [1.165, 1.54) is 5.69 Å². The minimum Gasteiger partial charge on any atom is -0.372 e. The van der Waals surface area contributed by atoms with Crippen LogP contribution in [0, 0.1) is 6.92 Å². The molecule has 3 nitrogen and oxygen atoms in total. The van der Waals surface area contributed by atoms with Gasteiger partial charge >= 0.3 is 0 Å². The number of nitrogens with zero attached hydrogens (tertiary/aromatic N) is 2. The van der Waals surface area contributed by atoms with E-state index in [0.717, 1.165) is 11.4 Å². The van der Waals surface area contributed by atoms with Crippen LogP contribution < -0.4 is 10.6 Å². The third-order valence-corrected chi connectivity index (χ3v) is 2.38.